The van der Waals surface area contributed by atoms with Crippen LogP contribution in [0.4, 0.5) is 11.4 Å². The van der Waals surface area contributed by atoms with E-state index >= 15 is 0 Å². The number of nitrogens with zero attached hydrogens (tertiary/aromatic N) is 1. The molecule has 0 aliphatic rings. The van der Waals surface area contributed by atoms with Gasteiger partial charge >= 0.3 is 5.97 Å². The van der Waals surface area contributed by atoms with E-state index in [-0.39, 0.29) is 27.0 Å². The van der Waals surface area contributed by atoms with Crippen molar-refractivity contribution in [3.63, 3.8) is 0 Å². The van der Waals surface area contributed by atoms with Crippen LogP contribution in [0.1, 0.15) is 17.3 Å². The topological polar surface area (TPSA) is 98.5 Å². The Morgan fingerprint density at radius 1 is 1.16 bits per heavy atom. The fourth-order valence-corrected chi connectivity index (χ4v) is 2.29. The summed E-state index contributed by atoms with van der Waals surface area (Å²) < 4.78 is 5.04. The second-order valence-corrected chi connectivity index (χ2v) is 5.70. The number of nitrogens with one attached hydrogen (secondary N) is 1. The van der Waals surface area contributed by atoms with Gasteiger partial charge in [-0.25, -0.2) is 4.79 Å². The highest BCUT2D eigenvalue weighted by Crippen LogP contribution is 2.27. The van der Waals surface area contributed by atoms with Crippen LogP contribution in [-0.4, -0.2) is 22.9 Å². The Bertz CT molecular complexity index is 841. The van der Waals surface area contributed by atoms with Crippen molar-refractivity contribution in [1.82, 2.24) is 0 Å². The van der Waals surface area contributed by atoms with E-state index in [4.69, 9.17) is 27.9 Å². The summed E-state index contributed by atoms with van der Waals surface area (Å²) in [7, 11) is 0. The van der Waals surface area contributed by atoms with Crippen LogP contribution in [0.15, 0.2) is 42.5 Å². The number of carbonyl (C=O) groups excluding carboxylic acids is 2. The third-order valence-corrected chi connectivity index (χ3v) is 4.00. The molecule has 0 bridgehead atoms. The highest BCUT2D eigenvalue weighted by molar-refractivity contribution is 6.43. The summed E-state index contributed by atoms with van der Waals surface area (Å²) in [5, 5.41) is 13.5. The monoisotopic (exact) mass is 382 g/mol. The Kier molecular flexibility index (Phi) is 5.95. The van der Waals surface area contributed by atoms with Gasteiger partial charge in [-0.1, -0.05) is 41.4 Å². The molecule has 1 amide bonds. The first-order valence-electron chi connectivity index (χ1n) is 7.00. The van der Waals surface area contributed by atoms with Crippen molar-refractivity contribution in [2.75, 3.05) is 5.32 Å². The number of benzene rings is 2. The molecule has 0 saturated carbocycles. The number of amides is 1. The van der Waals surface area contributed by atoms with E-state index in [1.54, 1.807) is 0 Å². The van der Waals surface area contributed by atoms with Crippen molar-refractivity contribution in [2.45, 2.75) is 13.0 Å². The van der Waals surface area contributed by atoms with Gasteiger partial charge in [-0.2, -0.15) is 0 Å². The van der Waals surface area contributed by atoms with Crippen molar-refractivity contribution in [1.29, 1.82) is 0 Å². The highest BCUT2D eigenvalue weighted by Gasteiger charge is 2.23. The average molecular weight is 383 g/mol. The van der Waals surface area contributed by atoms with Crippen LogP contribution < -0.4 is 5.32 Å². The molecule has 2 aromatic carbocycles. The third-order valence-electron chi connectivity index (χ3n) is 3.18. The molecule has 0 radical (unpaired) electrons. The molecule has 0 aromatic heterocycles. The first kappa shape index (κ1) is 18.7. The summed E-state index contributed by atoms with van der Waals surface area (Å²) in [5.74, 6) is -1.56. The number of esters is 1. The first-order valence-corrected chi connectivity index (χ1v) is 7.76. The molecule has 0 saturated heterocycles. The normalized spacial score (nSPS) is 11.5. The van der Waals surface area contributed by atoms with Crippen molar-refractivity contribution in [2.24, 2.45) is 0 Å². The number of hydrogen-bond donors (Lipinski definition) is 1. The lowest BCUT2D eigenvalue weighted by molar-refractivity contribution is -0.383. The van der Waals surface area contributed by atoms with Gasteiger partial charge < -0.3 is 10.1 Å². The van der Waals surface area contributed by atoms with Gasteiger partial charge in [-0.05, 0) is 25.1 Å². The van der Waals surface area contributed by atoms with E-state index in [0.29, 0.717) is 0 Å². The van der Waals surface area contributed by atoms with E-state index in [1.807, 2.05) is 0 Å². The number of hydrogen-bond acceptors (Lipinski definition) is 5. The molecule has 1 N–H and O–H groups in total. The highest BCUT2D eigenvalue weighted by atomic mass is 35.5. The molecule has 2 rings (SSSR count). The Morgan fingerprint density at radius 3 is 2.52 bits per heavy atom. The molecule has 130 valence electrons. The Morgan fingerprint density at radius 2 is 1.84 bits per heavy atom. The minimum atomic E-state index is -1.21. The second kappa shape index (κ2) is 7.96. The van der Waals surface area contributed by atoms with Gasteiger partial charge in [-0.3, -0.25) is 14.9 Å². The maximum Gasteiger partial charge on any atom is 0.340 e. The molecule has 9 heteroatoms. The number of nitro groups is 1. The number of para-hydroxylation sites is 2. The van der Waals surface area contributed by atoms with Gasteiger partial charge in [-0.15, -0.1) is 0 Å². The van der Waals surface area contributed by atoms with E-state index in [2.05, 4.69) is 5.32 Å². The molecule has 2 aromatic rings. The lowest BCUT2D eigenvalue weighted by Crippen LogP contribution is -2.30. The third kappa shape index (κ3) is 4.46. The molecule has 0 unspecified atom stereocenters. The zero-order chi connectivity index (χ0) is 18.6. The minimum Gasteiger partial charge on any atom is -0.449 e. The van der Waals surface area contributed by atoms with Gasteiger partial charge in [0.25, 0.3) is 11.6 Å². The molecule has 1 atom stereocenters. The maximum absolute atomic E-state index is 12.1. The summed E-state index contributed by atoms with van der Waals surface area (Å²) in [6.07, 6.45) is -1.21. The van der Waals surface area contributed by atoms with Crippen LogP contribution in [0.3, 0.4) is 0 Å². The number of ether oxygens (including phenoxy) is 1. The fraction of sp³-hybridized carbons (Fsp3) is 0.125. The predicted molar refractivity (Wildman–Crippen MR) is 93.1 cm³/mol. The smallest absolute Gasteiger partial charge is 0.340 e. The number of rotatable bonds is 5. The van der Waals surface area contributed by atoms with Gasteiger partial charge in [0, 0.05) is 6.07 Å². The molecular weight excluding hydrogens is 371 g/mol. The van der Waals surface area contributed by atoms with Crippen molar-refractivity contribution in [3.8, 4) is 0 Å². The van der Waals surface area contributed by atoms with E-state index < -0.39 is 22.9 Å². The minimum absolute atomic E-state index is 0.00110. The van der Waals surface area contributed by atoms with E-state index in [0.717, 1.165) is 0 Å². The van der Waals surface area contributed by atoms with Crippen LogP contribution in [0, 0.1) is 10.1 Å². The van der Waals surface area contributed by atoms with E-state index in [1.165, 1.54) is 49.4 Å². The Balaban J connectivity index is 2.09. The molecular formula is C16H12Cl2N2O5. The molecule has 0 aliphatic heterocycles. The Labute approximate surface area is 152 Å². The Hall–Kier alpha value is -2.64. The van der Waals surface area contributed by atoms with Crippen LogP contribution >= 0.6 is 23.2 Å². The van der Waals surface area contributed by atoms with Crippen molar-refractivity contribution < 1.29 is 19.2 Å². The summed E-state index contributed by atoms with van der Waals surface area (Å²) in [6.45, 7) is 1.33. The van der Waals surface area contributed by atoms with Crippen LogP contribution in [0.2, 0.25) is 10.0 Å². The van der Waals surface area contributed by atoms with Gasteiger partial charge in [0.15, 0.2) is 6.10 Å². The van der Waals surface area contributed by atoms with Gasteiger partial charge in [0.1, 0.15) is 5.69 Å². The lowest BCUT2D eigenvalue weighted by atomic mass is 10.2. The largest absolute Gasteiger partial charge is 0.449 e. The molecule has 0 aliphatic carbocycles. The first-order chi connectivity index (χ1) is 11.8. The molecule has 7 nitrogen and oxygen atoms in total. The van der Waals surface area contributed by atoms with Crippen molar-refractivity contribution >= 4 is 46.5 Å². The number of halogens is 2. The summed E-state index contributed by atoms with van der Waals surface area (Å²) in [5.41, 5.74) is -0.257. The lowest BCUT2D eigenvalue weighted by Gasteiger charge is -2.14. The summed E-state index contributed by atoms with van der Waals surface area (Å²) >= 11 is 11.8. The molecule has 0 heterocycles. The SMILES string of the molecule is C[C@H](OC(=O)c1cccc(Cl)c1Cl)C(=O)Nc1ccccc1[N+](=O)[O-]. The predicted octanol–water partition coefficient (Wildman–Crippen LogP) is 4.09. The van der Waals surface area contributed by atoms with Crippen molar-refractivity contribution in [3.05, 3.63) is 68.2 Å². The molecule has 0 fully saturated rings. The molecule has 0 spiro atoms. The summed E-state index contributed by atoms with van der Waals surface area (Å²) in [4.78, 5) is 34.6. The number of nitro benzene ring substituents is 1. The zero-order valence-electron chi connectivity index (χ0n) is 12.9. The number of carbonyl (C=O) groups is 2. The zero-order valence-corrected chi connectivity index (χ0v) is 14.4. The van der Waals surface area contributed by atoms with Crippen LogP contribution in [0.5, 0.6) is 0 Å². The average Bonchev–Trinajstić information content (AvgIpc) is 2.57. The maximum atomic E-state index is 12.1. The standard InChI is InChI=1S/C16H12Cl2N2O5/c1-9(25-16(22)10-5-4-6-11(17)14(10)18)15(21)19-12-7-2-3-8-13(12)20(23)24/h2-9H,1H3,(H,19,21)/t9-/m0/s1. The van der Waals surface area contributed by atoms with Crippen LogP contribution in [-0.2, 0) is 9.53 Å². The van der Waals surface area contributed by atoms with Gasteiger partial charge in [0.05, 0.1) is 20.5 Å². The van der Waals surface area contributed by atoms with Crippen LogP contribution in [0.25, 0.3) is 0 Å². The quantitative estimate of drug-likeness (QED) is 0.477. The summed E-state index contributed by atoms with van der Waals surface area (Å²) in [6, 6.07) is 10.1. The van der Waals surface area contributed by atoms with Gasteiger partial charge in [0.2, 0.25) is 0 Å². The fourth-order valence-electron chi connectivity index (χ4n) is 1.91. The molecule has 25 heavy (non-hydrogen) atoms. The second-order valence-electron chi connectivity index (χ2n) is 4.91. The number of anilines is 1. The van der Waals surface area contributed by atoms with E-state index in [9.17, 15) is 19.7 Å².